The average molecular weight is 316 g/mol. The molecule has 22 heavy (non-hydrogen) atoms. The maximum atomic E-state index is 12.8. The van der Waals surface area contributed by atoms with Crippen molar-refractivity contribution in [2.45, 2.75) is 16.6 Å². The first-order valence-electron chi connectivity index (χ1n) is 6.74. The predicted molar refractivity (Wildman–Crippen MR) is 84.4 cm³/mol. The van der Waals surface area contributed by atoms with E-state index in [9.17, 15) is 14.0 Å². The van der Waals surface area contributed by atoms with Crippen LogP contribution in [0.2, 0.25) is 0 Å². The van der Waals surface area contributed by atoms with Crippen LogP contribution in [0.5, 0.6) is 0 Å². The van der Waals surface area contributed by atoms with E-state index in [0.717, 1.165) is 10.6 Å². The Morgan fingerprint density at radius 2 is 1.91 bits per heavy atom. The molecule has 1 aliphatic rings. The summed E-state index contributed by atoms with van der Waals surface area (Å²) in [6.45, 7) is 0. The quantitative estimate of drug-likeness (QED) is 0.914. The third-order valence-corrected chi connectivity index (χ3v) is 4.48. The van der Waals surface area contributed by atoms with Crippen LogP contribution in [-0.4, -0.2) is 17.1 Å². The van der Waals surface area contributed by atoms with Crippen molar-refractivity contribution in [3.05, 3.63) is 54.3 Å². The number of thioether (sulfide) groups is 1. The molecule has 3 rings (SSSR count). The molecule has 0 aromatic heterocycles. The fourth-order valence-electron chi connectivity index (χ4n) is 2.14. The first-order valence-corrected chi connectivity index (χ1v) is 7.62. The van der Waals surface area contributed by atoms with E-state index in [-0.39, 0.29) is 24.1 Å². The second kappa shape index (κ2) is 6.19. The second-order valence-electron chi connectivity index (χ2n) is 4.85. The number of carbonyl (C=O) groups excluding carboxylic acids is 2. The SMILES string of the molecule is O=C(C[C@@H]1Sc2ccccc2NC1=O)Nc1ccc(F)cc1. The van der Waals surface area contributed by atoms with Gasteiger partial charge in [-0.1, -0.05) is 12.1 Å². The van der Waals surface area contributed by atoms with Gasteiger partial charge in [-0.3, -0.25) is 9.59 Å². The summed E-state index contributed by atoms with van der Waals surface area (Å²) in [7, 11) is 0. The van der Waals surface area contributed by atoms with Crippen molar-refractivity contribution in [1.29, 1.82) is 0 Å². The summed E-state index contributed by atoms with van der Waals surface area (Å²) in [4.78, 5) is 25.0. The van der Waals surface area contributed by atoms with Gasteiger partial charge in [-0.25, -0.2) is 4.39 Å². The number of para-hydroxylation sites is 1. The van der Waals surface area contributed by atoms with Crippen molar-refractivity contribution in [2.75, 3.05) is 10.6 Å². The molecule has 0 fully saturated rings. The standard InChI is InChI=1S/C16H13FN2O2S/c17-10-5-7-11(8-6-10)18-15(20)9-14-16(21)19-12-3-1-2-4-13(12)22-14/h1-8,14H,9H2,(H,18,20)(H,19,21)/t14-/m0/s1. The van der Waals surface area contributed by atoms with Crippen molar-refractivity contribution in [3.63, 3.8) is 0 Å². The van der Waals surface area contributed by atoms with Crippen LogP contribution in [0, 0.1) is 5.82 Å². The van der Waals surface area contributed by atoms with Gasteiger partial charge in [-0.05, 0) is 36.4 Å². The van der Waals surface area contributed by atoms with Crippen LogP contribution in [-0.2, 0) is 9.59 Å². The first-order chi connectivity index (χ1) is 10.6. The number of amides is 2. The van der Waals surface area contributed by atoms with Crippen molar-refractivity contribution in [2.24, 2.45) is 0 Å². The Bertz CT molecular complexity index is 718. The third kappa shape index (κ3) is 3.28. The van der Waals surface area contributed by atoms with Gasteiger partial charge in [0, 0.05) is 17.0 Å². The van der Waals surface area contributed by atoms with Gasteiger partial charge in [0.15, 0.2) is 0 Å². The number of fused-ring (bicyclic) bond motifs is 1. The molecule has 1 atom stereocenters. The Morgan fingerprint density at radius 3 is 2.68 bits per heavy atom. The lowest BCUT2D eigenvalue weighted by molar-refractivity contribution is -0.120. The molecule has 112 valence electrons. The molecule has 0 aliphatic carbocycles. The minimum atomic E-state index is -0.477. The van der Waals surface area contributed by atoms with E-state index < -0.39 is 5.25 Å². The predicted octanol–water partition coefficient (Wildman–Crippen LogP) is 3.27. The van der Waals surface area contributed by atoms with Gasteiger partial charge in [0.05, 0.1) is 10.9 Å². The zero-order valence-corrected chi connectivity index (χ0v) is 12.3. The minimum absolute atomic E-state index is 0.0577. The molecule has 2 aromatic rings. The largest absolute Gasteiger partial charge is 0.326 e. The van der Waals surface area contributed by atoms with Crippen molar-refractivity contribution >= 4 is 35.0 Å². The molecule has 2 aromatic carbocycles. The lowest BCUT2D eigenvalue weighted by atomic mass is 10.2. The summed E-state index contributed by atoms with van der Waals surface area (Å²) in [6, 6.07) is 13.0. The highest BCUT2D eigenvalue weighted by Crippen LogP contribution is 2.36. The smallest absolute Gasteiger partial charge is 0.238 e. The normalized spacial score (nSPS) is 16.6. The molecule has 2 amide bonds. The lowest BCUT2D eigenvalue weighted by Gasteiger charge is -2.23. The topological polar surface area (TPSA) is 58.2 Å². The molecular formula is C16H13FN2O2S. The van der Waals surface area contributed by atoms with Crippen LogP contribution in [0.1, 0.15) is 6.42 Å². The number of hydrogen-bond acceptors (Lipinski definition) is 3. The zero-order valence-electron chi connectivity index (χ0n) is 11.5. The number of carbonyl (C=O) groups is 2. The molecule has 0 bridgehead atoms. The summed E-state index contributed by atoms with van der Waals surface area (Å²) in [5, 5.41) is 4.98. The van der Waals surface area contributed by atoms with E-state index in [0.29, 0.717) is 5.69 Å². The highest BCUT2D eigenvalue weighted by atomic mass is 32.2. The first kappa shape index (κ1) is 14.6. The van der Waals surface area contributed by atoms with E-state index in [4.69, 9.17) is 0 Å². The molecule has 4 nitrogen and oxygen atoms in total. The number of hydrogen-bond donors (Lipinski definition) is 2. The minimum Gasteiger partial charge on any atom is -0.326 e. The molecule has 1 aliphatic heterocycles. The van der Waals surface area contributed by atoms with Gasteiger partial charge >= 0.3 is 0 Å². The van der Waals surface area contributed by atoms with Crippen LogP contribution < -0.4 is 10.6 Å². The highest BCUT2D eigenvalue weighted by Gasteiger charge is 2.28. The Morgan fingerprint density at radius 1 is 1.18 bits per heavy atom. The number of halogens is 1. The van der Waals surface area contributed by atoms with Crippen LogP contribution >= 0.6 is 11.8 Å². The third-order valence-electron chi connectivity index (χ3n) is 3.21. The molecule has 0 saturated carbocycles. The summed E-state index contributed by atoms with van der Waals surface area (Å²) in [5.41, 5.74) is 1.28. The molecule has 0 unspecified atom stereocenters. The van der Waals surface area contributed by atoms with Crippen molar-refractivity contribution < 1.29 is 14.0 Å². The molecule has 1 heterocycles. The Kier molecular flexibility index (Phi) is 4.11. The maximum absolute atomic E-state index is 12.8. The molecule has 0 saturated heterocycles. The summed E-state index contributed by atoms with van der Waals surface area (Å²) < 4.78 is 12.8. The molecular weight excluding hydrogens is 303 g/mol. The van der Waals surface area contributed by atoms with Gasteiger partial charge in [0.25, 0.3) is 0 Å². The van der Waals surface area contributed by atoms with Gasteiger partial charge in [0.2, 0.25) is 11.8 Å². The number of nitrogens with one attached hydrogen (secondary N) is 2. The van der Waals surface area contributed by atoms with Crippen LogP contribution in [0.3, 0.4) is 0 Å². The highest BCUT2D eigenvalue weighted by molar-refractivity contribution is 8.01. The number of rotatable bonds is 3. The van der Waals surface area contributed by atoms with Gasteiger partial charge in [-0.2, -0.15) is 0 Å². The zero-order chi connectivity index (χ0) is 15.5. The van der Waals surface area contributed by atoms with Crippen molar-refractivity contribution in [1.82, 2.24) is 0 Å². The Balaban J connectivity index is 1.64. The lowest BCUT2D eigenvalue weighted by Crippen LogP contribution is -2.32. The fourth-order valence-corrected chi connectivity index (χ4v) is 3.25. The summed E-state index contributed by atoms with van der Waals surface area (Å²) >= 11 is 1.37. The summed E-state index contributed by atoms with van der Waals surface area (Å²) in [5.74, 6) is -0.826. The van der Waals surface area contributed by atoms with Crippen LogP contribution in [0.4, 0.5) is 15.8 Å². The van der Waals surface area contributed by atoms with Gasteiger partial charge in [-0.15, -0.1) is 11.8 Å². The molecule has 6 heteroatoms. The van der Waals surface area contributed by atoms with Crippen LogP contribution in [0.15, 0.2) is 53.4 Å². The molecule has 2 N–H and O–H groups in total. The van der Waals surface area contributed by atoms with E-state index in [1.807, 2.05) is 24.3 Å². The Labute approximate surface area is 131 Å². The van der Waals surface area contributed by atoms with Crippen molar-refractivity contribution in [3.8, 4) is 0 Å². The van der Waals surface area contributed by atoms with Gasteiger partial charge in [0.1, 0.15) is 5.82 Å². The van der Waals surface area contributed by atoms with Gasteiger partial charge < -0.3 is 10.6 Å². The number of benzene rings is 2. The Hall–Kier alpha value is -2.34. The summed E-state index contributed by atoms with van der Waals surface area (Å²) in [6.07, 6.45) is 0.0577. The van der Waals surface area contributed by atoms with E-state index >= 15 is 0 Å². The number of anilines is 2. The average Bonchev–Trinajstić information content (AvgIpc) is 2.50. The molecule has 0 radical (unpaired) electrons. The van der Waals surface area contributed by atoms with E-state index in [1.165, 1.54) is 36.0 Å². The second-order valence-corrected chi connectivity index (χ2v) is 6.10. The van der Waals surface area contributed by atoms with E-state index in [2.05, 4.69) is 10.6 Å². The van der Waals surface area contributed by atoms with Crippen LogP contribution in [0.25, 0.3) is 0 Å². The molecule has 0 spiro atoms. The maximum Gasteiger partial charge on any atom is 0.238 e. The van der Waals surface area contributed by atoms with E-state index in [1.54, 1.807) is 0 Å². The monoisotopic (exact) mass is 316 g/mol. The fraction of sp³-hybridized carbons (Fsp3) is 0.125.